The summed E-state index contributed by atoms with van der Waals surface area (Å²) in [7, 11) is 0. The zero-order chi connectivity index (χ0) is 7.61. The van der Waals surface area contributed by atoms with Crippen LogP contribution in [0.5, 0.6) is 0 Å². The highest BCUT2D eigenvalue weighted by Gasteiger charge is 2.24. The first kappa shape index (κ1) is 8.41. The van der Waals surface area contributed by atoms with Crippen molar-refractivity contribution in [3.05, 3.63) is 0 Å². The van der Waals surface area contributed by atoms with Gasteiger partial charge in [0, 0.05) is 23.1 Å². The molecule has 1 fully saturated rings. The van der Waals surface area contributed by atoms with E-state index >= 15 is 0 Å². The Labute approximate surface area is 68.0 Å². The molecule has 1 rings (SSSR count). The van der Waals surface area contributed by atoms with Crippen LogP contribution in [0.3, 0.4) is 0 Å². The van der Waals surface area contributed by atoms with E-state index in [2.05, 4.69) is 26.1 Å². The topological polar surface area (TPSA) is 12.0 Å². The molecule has 10 heavy (non-hydrogen) atoms. The Kier molecular flexibility index (Phi) is 2.64. The standard InChI is InChI=1S/C8H17NS/c1-4-8(2,3)9-7-5-10-6-7/h7,9H,4-6H2,1-3H3. The third-order valence-electron chi connectivity index (χ3n) is 2.12. The number of thioether (sulfide) groups is 1. The van der Waals surface area contributed by atoms with Gasteiger partial charge in [-0.2, -0.15) is 11.8 Å². The molecule has 0 aromatic carbocycles. The molecule has 60 valence electrons. The van der Waals surface area contributed by atoms with Crippen molar-refractivity contribution in [1.82, 2.24) is 5.32 Å². The summed E-state index contributed by atoms with van der Waals surface area (Å²) in [6, 6.07) is 0.792. The van der Waals surface area contributed by atoms with Gasteiger partial charge in [0.25, 0.3) is 0 Å². The molecule has 0 saturated carbocycles. The number of nitrogens with one attached hydrogen (secondary N) is 1. The SMILES string of the molecule is CCC(C)(C)NC1CSC1. The van der Waals surface area contributed by atoms with Crippen molar-refractivity contribution < 1.29 is 0 Å². The Bertz CT molecular complexity index is 108. The Morgan fingerprint density at radius 2 is 2.10 bits per heavy atom. The highest BCUT2D eigenvalue weighted by atomic mass is 32.2. The van der Waals surface area contributed by atoms with E-state index in [1.54, 1.807) is 0 Å². The van der Waals surface area contributed by atoms with E-state index in [1.807, 2.05) is 11.8 Å². The fourth-order valence-electron chi connectivity index (χ4n) is 0.974. The van der Waals surface area contributed by atoms with Gasteiger partial charge in [0.15, 0.2) is 0 Å². The average Bonchev–Trinajstić information content (AvgIpc) is 1.80. The molecule has 0 unspecified atom stereocenters. The minimum absolute atomic E-state index is 0.353. The summed E-state index contributed by atoms with van der Waals surface area (Å²) in [5.74, 6) is 2.62. The van der Waals surface area contributed by atoms with Crippen LogP contribution >= 0.6 is 11.8 Å². The second kappa shape index (κ2) is 3.14. The molecule has 0 bridgehead atoms. The van der Waals surface area contributed by atoms with Gasteiger partial charge in [-0.3, -0.25) is 0 Å². The van der Waals surface area contributed by atoms with Gasteiger partial charge in [0.1, 0.15) is 0 Å². The van der Waals surface area contributed by atoms with Crippen molar-refractivity contribution in [3.63, 3.8) is 0 Å². The minimum atomic E-state index is 0.353. The third kappa shape index (κ3) is 2.17. The van der Waals surface area contributed by atoms with Crippen molar-refractivity contribution in [3.8, 4) is 0 Å². The van der Waals surface area contributed by atoms with Crippen molar-refractivity contribution in [2.24, 2.45) is 0 Å². The normalized spacial score (nSPS) is 20.7. The zero-order valence-corrected chi connectivity index (χ0v) is 7.92. The lowest BCUT2D eigenvalue weighted by Crippen LogP contribution is -2.51. The first-order valence-corrected chi connectivity index (χ1v) is 5.15. The van der Waals surface area contributed by atoms with Crippen molar-refractivity contribution in [1.29, 1.82) is 0 Å². The highest BCUT2D eigenvalue weighted by molar-refractivity contribution is 8.00. The first-order valence-electron chi connectivity index (χ1n) is 3.99. The summed E-state index contributed by atoms with van der Waals surface area (Å²) < 4.78 is 0. The molecule has 1 nitrogen and oxygen atoms in total. The van der Waals surface area contributed by atoms with E-state index < -0.39 is 0 Å². The highest BCUT2D eigenvalue weighted by Crippen LogP contribution is 2.20. The molecule has 1 saturated heterocycles. The van der Waals surface area contributed by atoms with Crippen molar-refractivity contribution in [2.45, 2.75) is 38.8 Å². The van der Waals surface area contributed by atoms with Crippen LogP contribution in [-0.4, -0.2) is 23.1 Å². The largest absolute Gasteiger partial charge is 0.307 e. The molecule has 1 N–H and O–H groups in total. The van der Waals surface area contributed by atoms with E-state index in [-0.39, 0.29) is 0 Å². The molecule has 0 aromatic heterocycles. The first-order chi connectivity index (χ1) is 4.64. The lowest BCUT2D eigenvalue weighted by Gasteiger charge is -2.35. The summed E-state index contributed by atoms with van der Waals surface area (Å²) in [5.41, 5.74) is 0.353. The summed E-state index contributed by atoms with van der Waals surface area (Å²) in [5, 5.41) is 3.62. The molecule has 0 atom stereocenters. The van der Waals surface area contributed by atoms with Gasteiger partial charge >= 0.3 is 0 Å². The van der Waals surface area contributed by atoms with Crippen LogP contribution in [0.25, 0.3) is 0 Å². The maximum absolute atomic E-state index is 3.62. The number of hydrogen-bond acceptors (Lipinski definition) is 2. The second-order valence-electron chi connectivity index (χ2n) is 3.62. The van der Waals surface area contributed by atoms with Gasteiger partial charge in [0.05, 0.1) is 0 Å². The zero-order valence-electron chi connectivity index (χ0n) is 7.11. The van der Waals surface area contributed by atoms with Crippen LogP contribution in [0.2, 0.25) is 0 Å². The van der Waals surface area contributed by atoms with Crippen LogP contribution in [0.15, 0.2) is 0 Å². The summed E-state index contributed by atoms with van der Waals surface area (Å²) in [4.78, 5) is 0. The predicted octanol–water partition coefficient (Wildman–Crippen LogP) is 1.88. The van der Waals surface area contributed by atoms with E-state index in [4.69, 9.17) is 0 Å². The van der Waals surface area contributed by atoms with E-state index in [9.17, 15) is 0 Å². The molecule has 0 aromatic rings. The fraction of sp³-hybridized carbons (Fsp3) is 1.00. The summed E-state index contributed by atoms with van der Waals surface area (Å²) >= 11 is 2.03. The molecule has 2 heteroatoms. The van der Waals surface area contributed by atoms with Crippen LogP contribution in [0, 0.1) is 0 Å². The molecule has 0 radical (unpaired) electrons. The molecule has 1 heterocycles. The molecular formula is C8H17NS. The number of rotatable bonds is 3. The van der Waals surface area contributed by atoms with Crippen LogP contribution < -0.4 is 5.32 Å². The van der Waals surface area contributed by atoms with Gasteiger partial charge in [-0.15, -0.1) is 0 Å². The summed E-state index contributed by atoms with van der Waals surface area (Å²) in [6.07, 6.45) is 1.22. The lowest BCUT2D eigenvalue weighted by molar-refractivity contribution is 0.343. The fourth-order valence-corrected chi connectivity index (χ4v) is 1.61. The molecule has 1 aliphatic heterocycles. The quantitative estimate of drug-likeness (QED) is 0.675. The van der Waals surface area contributed by atoms with Gasteiger partial charge in [-0.1, -0.05) is 6.92 Å². The average molecular weight is 159 g/mol. The van der Waals surface area contributed by atoms with Crippen molar-refractivity contribution in [2.75, 3.05) is 11.5 Å². The molecule has 0 spiro atoms. The summed E-state index contributed by atoms with van der Waals surface area (Å²) in [6.45, 7) is 6.78. The van der Waals surface area contributed by atoms with E-state index in [0.29, 0.717) is 5.54 Å². The smallest absolute Gasteiger partial charge is 0.0253 e. The van der Waals surface area contributed by atoms with Gasteiger partial charge in [-0.25, -0.2) is 0 Å². The van der Waals surface area contributed by atoms with Crippen LogP contribution in [-0.2, 0) is 0 Å². The monoisotopic (exact) mass is 159 g/mol. The number of hydrogen-bond donors (Lipinski definition) is 1. The van der Waals surface area contributed by atoms with E-state index in [0.717, 1.165) is 6.04 Å². The Morgan fingerprint density at radius 1 is 1.50 bits per heavy atom. The predicted molar refractivity (Wildman–Crippen MR) is 48.6 cm³/mol. The maximum Gasteiger partial charge on any atom is 0.0253 e. The van der Waals surface area contributed by atoms with Crippen LogP contribution in [0.4, 0.5) is 0 Å². The van der Waals surface area contributed by atoms with Crippen molar-refractivity contribution >= 4 is 11.8 Å². The third-order valence-corrected chi connectivity index (χ3v) is 3.39. The Hall–Kier alpha value is 0.310. The van der Waals surface area contributed by atoms with Gasteiger partial charge in [-0.05, 0) is 20.3 Å². The lowest BCUT2D eigenvalue weighted by atomic mass is 10.0. The minimum Gasteiger partial charge on any atom is -0.307 e. The van der Waals surface area contributed by atoms with Gasteiger partial charge in [0.2, 0.25) is 0 Å². The molecule has 1 aliphatic rings. The Morgan fingerprint density at radius 3 is 2.40 bits per heavy atom. The maximum atomic E-state index is 3.62. The van der Waals surface area contributed by atoms with Crippen LogP contribution in [0.1, 0.15) is 27.2 Å². The molecule has 0 amide bonds. The molecule has 0 aliphatic carbocycles. The van der Waals surface area contributed by atoms with E-state index in [1.165, 1.54) is 17.9 Å². The second-order valence-corrected chi connectivity index (χ2v) is 4.69. The molecular weight excluding hydrogens is 142 g/mol. The van der Waals surface area contributed by atoms with Gasteiger partial charge < -0.3 is 5.32 Å². The Balaban J connectivity index is 2.21.